The van der Waals surface area contributed by atoms with Crippen LogP contribution in [0.4, 0.5) is 0 Å². The van der Waals surface area contributed by atoms with E-state index in [9.17, 15) is 0 Å². The predicted molar refractivity (Wildman–Crippen MR) is 176 cm³/mol. The van der Waals surface area contributed by atoms with Gasteiger partial charge in [0.05, 0.1) is 22.1 Å². The number of unbranched alkanes of at least 4 members (excludes halogenated alkanes) is 1. The van der Waals surface area contributed by atoms with E-state index in [0.29, 0.717) is 0 Å². The molecule has 8 aromatic rings. The number of benzene rings is 5. The van der Waals surface area contributed by atoms with E-state index in [1.165, 1.54) is 94.9 Å². The SMILES string of the molecule is CCCCc1cc2c(c3c4ccccc4n(C)c13)c1c3c4ccccc4n(C)c3c(C)cc1n2Cc1ccccc1. The van der Waals surface area contributed by atoms with Crippen LogP contribution in [0, 0.1) is 6.92 Å². The standard InChI is InChI=1S/C38H35N3/c1-5-6-16-26-22-32-36(34-28-18-11-13-20-30(28)40(4)38(26)34)35-31(41(32)23-25-14-8-7-9-15-25)21-24(2)37-33(35)27-17-10-12-19-29(27)39(37)3/h7-15,17-22H,5-6,16,23H2,1-4H3. The van der Waals surface area contributed by atoms with Crippen molar-refractivity contribution in [2.24, 2.45) is 14.1 Å². The van der Waals surface area contributed by atoms with Crippen molar-refractivity contribution in [3.63, 3.8) is 0 Å². The maximum atomic E-state index is 2.60. The maximum absolute atomic E-state index is 2.60. The van der Waals surface area contributed by atoms with Gasteiger partial charge in [0, 0.05) is 64.0 Å². The third kappa shape index (κ3) is 3.32. The van der Waals surface area contributed by atoms with Crippen LogP contribution in [0.15, 0.2) is 91.0 Å². The molecule has 0 aliphatic heterocycles. The van der Waals surface area contributed by atoms with Crippen LogP contribution < -0.4 is 0 Å². The minimum absolute atomic E-state index is 0.847. The Balaban J connectivity index is 1.68. The summed E-state index contributed by atoms with van der Waals surface area (Å²) in [4.78, 5) is 0. The molecular weight excluding hydrogens is 498 g/mol. The summed E-state index contributed by atoms with van der Waals surface area (Å²) in [6, 6.07) is 33.8. The fraction of sp³-hybridized carbons (Fsp3) is 0.211. The summed E-state index contributed by atoms with van der Waals surface area (Å²) < 4.78 is 7.45. The molecule has 0 aliphatic rings. The predicted octanol–water partition coefficient (Wildman–Crippen LogP) is 9.78. The van der Waals surface area contributed by atoms with Crippen molar-refractivity contribution < 1.29 is 0 Å². The second-order valence-corrected chi connectivity index (χ2v) is 11.8. The van der Waals surface area contributed by atoms with E-state index in [-0.39, 0.29) is 0 Å². The van der Waals surface area contributed by atoms with Crippen molar-refractivity contribution in [3.8, 4) is 0 Å². The number of para-hydroxylation sites is 2. The van der Waals surface area contributed by atoms with E-state index < -0.39 is 0 Å². The molecule has 3 heterocycles. The van der Waals surface area contributed by atoms with Crippen LogP contribution in [0.2, 0.25) is 0 Å². The first-order chi connectivity index (χ1) is 20.1. The minimum Gasteiger partial charge on any atom is -0.343 e. The van der Waals surface area contributed by atoms with Crippen LogP contribution in [-0.4, -0.2) is 13.7 Å². The van der Waals surface area contributed by atoms with Crippen LogP contribution in [0.5, 0.6) is 0 Å². The molecule has 3 heteroatoms. The van der Waals surface area contributed by atoms with Gasteiger partial charge in [0.15, 0.2) is 0 Å². The van der Waals surface area contributed by atoms with Crippen LogP contribution >= 0.6 is 0 Å². The van der Waals surface area contributed by atoms with Crippen LogP contribution in [0.25, 0.3) is 65.4 Å². The topological polar surface area (TPSA) is 14.8 Å². The van der Waals surface area contributed by atoms with Gasteiger partial charge in [-0.25, -0.2) is 0 Å². The first kappa shape index (κ1) is 24.3. The normalized spacial score (nSPS) is 12.3. The summed E-state index contributed by atoms with van der Waals surface area (Å²) in [5.74, 6) is 0. The Morgan fingerprint density at radius 1 is 0.585 bits per heavy atom. The lowest BCUT2D eigenvalue weighted by atomic mass is 9.96. The molecule has 202 valence electrons. The molecule has 0 radical (unpaired) electrons. The summed E-state index contributed by atoms with van der Waals surface area (Å²) in [7, 11) is 4.48. The molecule has 0 aliphatic carbocycles. The van der Waals surface area contributed by atoms with Gasteiger partial charge in [0.2, 0.25) is 0 Å². The third-order valence-corrected chi connectivity index (χ3v) is 9.38. The largest absolute Gasteiger partial charge is 0.343 e. The molecule has 0 bridgehead atoms. The molecular formula is C38H35N3. The van der Waals surface area contributed by atoms with Gasteiger partial charge in [-0.2, -0.15) is 0 Å². The van der Waals surface area contributed by atoms with E-state index in [4.69, 9.17) is 0 Å². The fourth-order valence-corrected chi connectivity index (χ4v) is 7.59. The van der Waals surface area contributed by atoms with Crippen molar-refractivity contribution in [1.82, 2.24) is 13.7 Å². The van der Waals surface area contributed by atoms with Gasteiger partial charge < -0.3 is 13.7 Å². The number of aryl methyl sites for hydroxylation is 4. The lowest BCUT2D eigenvalue weighted by Crippen LogP contribution is -2.01. The van der Waals surface area contributed by atoms with Crippen molar-refractivity contribution in [3.05, 3.63) is 108 Å². The third-order valence-electron chi connectivity index (χ3n) is 9.38. The maximum Gasteiger partial charge on any atom is 0.0529 e. The summed E-state index contributed by atoms with van der Waals surface area (Å²) in [5, 5.41) is 8.25. The Morgan fingerprint density at radius 2 is 1.15 bits per heavy atom. The molecule has 3 aromatic heterocycles. The van der Waals surface area contributed by atoms with E-state index in [1.54, 1.807) is 0 Å². The van der Waals surface area contributed by atoms with Crippen LogP contribution in [-0.2, 0) is 27.1 Å². The van der Waals surface area contributed by atoms with Crippen molar-refractivity contribution in [2.75, 3.05) is 0 Å². The molecule has 0 fully saturated rings. The second kappa shape index (κ2) is 9.01. The first-order valence-corrected chi connectivity index (χ1v) is 14.9. The molecule has 41 heavy (non-hydrogen) atoms. The fourth-order valence-electron chi connectivity index (χ4n) is 7.59. The van der Waals surface area contributed by atoms with Gasteiger partial charge in [-0.3, -0.25) is 0 Å². The molecule has 0 spiro atoms. The van der Waals surface area contributed by atoms with Crippen molar-refractivity contribution in [2.45, 2.75) is 39.7 Å². The summed E-state index contributed by atoms with van der Waals surface area (Å²) in [6.45, 7) is 5.43. The molecule has 0 atom stereocenters. The van der Waals surface area contributed by atoms with Gasteiger partial charge in [-0.05, 0) is 60.7 Å². The van der Waals surface area contributed by atoms with E-state index in [2.05, 4.69) is 133 Å². The molecule has 3 nitrogen and oxygen atoms in total. The molecule has 8 rings (SSSR count). The summed E-state index contributed by atoms with van der Waals surface area (Å²) >= 11 is 0. The highest BCUT2D eigenvalue weighted by atomic mass is 15.0. The molecule has 0 saturated carbocycles. The number of hydrogen-bond donors (Lipinski definition) is 0. The number of fused-ring (bicyclic) bond motifs is 11. The Morgan fingerprint density at radius 3 is 1.80 bits per heavy atom. The smallest absolute Gasteiger partial charge is 0.0529 e. The van der Waals surface area contributed by atoms with Gasteiger partial charge in [0.25, 0.3) is 0 Å². The zero-order valence-corrected chi connectivity index (χ0v) is 24.3. The van der Waals surface area contributed by atoms with Gasteiger partial charge in [0.1, 0.15) is 0 Å². The van der Waals surface area contributed by atoms with E-state index >= 15 is 0 Å². The molecule has 0 N–H and O–H groups in total. The number of rotatable bonds is 5. The second-order valence-electron chi connectivity index (χ2n) is 11.8. The van der Waals surface area contributed by atoms with E-state index in [0.717, 1.165) is 13.0 Å². The number of aromatic nitrogens is 3. The Hall–Kier alpha value is -4.50. The van der Waals surface area contributed by atoms with Crippen LogP contribution in [0.1, 0.15) is 36.5 Å². The Bertz CT molecular complexity index is 2290. The molecule has 0 saturated heterocycles. The lowest BCUT2D eigenvalue weighted by molar-refractivity contribution is 0.794. The van der Waals surface area contributed by atoms with E-state index in [1.807, 2.05) is 0 Å². The summed E-state index contributed by atoms with van der Waals surface area (Å²) in [5.41, 5.74) is 12.1. The minimum atomic E-state index is 0.847. The average molecular weight is 534 g/mol. The highest BCUT2D eigenvalue weighted by Crippen LogP contribution is 2.46. The Kier molecular flexibility index (Phi) is 5.34. The molecule has 5 aromatic carbocycles. The van der Waals surface area contributed by atoms with Gasteiger partial charge in [-0.15, -0.1) is 0 Å². The zero-order chi connectivity index (χ0) is 27.8. The average Bonchev–Trinajstić information content (AvgIpc) is 3.59. The monoisotopic (exact) mass is 533 g/mol. The lowest BCUT2D eigenvalue weighted by Gasteiger charge is -2.11. The highest BCUT2D eigenvalue weighted by molar-refractivity contribution is 6.36. The first-order valence-electron chi connectivity index (χ1n) is 14.9. The Labute approximate surface area is 240 Å². The van der Waals surface area contributed by atoms with Gasteiger partial charge >= 0.3 is 0 Å². The highest BCUT2D eigenvalue weighted by Gasteiger charge is 2.25. The number of nitrogens with zero attached hydrogens (tertiary/aromatic N) is 3. The van der Waals surface area contributed by atoms with Gasteiger partial charge in [-0.1, -0.05) is 80.1 Å². The zero-order valence-electron chi connectivity index (χ0n) is 24.3. The van der Waals surface area contributed by atoms with Crippen LogP contribution in [0.3, 0.4) is 0 Å². The summed E-state index contributed by atoms with van der Waals surface area (Å²) in [6.07, 6.45) is 3.46. The quantitative estimate of drug-likeness (QED) is 0.209. The van der Waals surface area contributed by atoms with Crippen molar-refractivity contribution in [1.29, 1.82) is 0 Å². The van der Waals surface area contributed by atoms with Crippen molar-refractivity contribution >= 4 is 65.4 Å². The number of hydrogen-bond acceptors (Lipinski definition) is 0. The molecule has 0 amide bonds. The molecule has 0 unspecified atom stereocenters.